The Balaban J connectivity index is 1.93. The van der Waals surface area contributed by atoms with Crippen molar-refractivity contribution in [3.05, 3.63) is 29.8 Å². The number of hydrogen-bond donors (Lipinski definition) is 1. The highest BCUT2D eigenvalue weighted by Gasteiger charge is 2.30. The molecule has 1 saturated heterocycles. The lowest BCUT2D eigenvalue weighted by atomic mass is 10.1. The number of nitrogens with one attached hydrogen (secondary N) is 1. The number of nitrogens with zero attached hydrogens (tertiary/aromatic N) is 1. The van der Waals surface area contributed by atoms with Gasteiger partial charge >= 0.3 is 6.18 Å². The van der Waals surface area contributed by atoms with Crippen molar-refractivity contribution >= 4 is 11.6 Å². The average molecular weight is 300 g/mol. The molecular formula is C15H19F3N2O. The summed E-state index contributed by atoms with van der Waals surface area (Å²) in [5.41, 5.74) is -0.573. The van der Waals surface area contributed by atoms with Crippen LogP contribution in [-0.2, 0) is 11.0 Å². The van der Waals surface area contributed by atoms with Crippen LogP contribution in [0.25, 0.3) is 0 Å². The molecule has 0 spiro atoms. The van der Waals surface area contributed by atoms with E-state index in [0.29, 0.717) is 0 Å². The minimum Gasteiger partial charge on any atom is -0.326 e. The summed E-state index contributed by atoms with van der Waals surface area (Å²) in [5, 5.41) is 2.54. The average Bonchev–Trinajstić information content (AvgIpc) is 2.91. The molecule has 3 nitrogen and oxygen atoms in total. The number of rotatable bonds is 4. The summed E-state index contributed by atoms with van der Waals surface area (Å²) >= 11 is 0. The number of hydrogen-bond acceptors (Lipinski definition) is 2. The molecule has 0 aliphatic carbocycles. The van der Waals surface area contributed by atoms with E-state index in [9.17, 15) is 18.0 Å². The Hall–Kier alpha value is -1.56. The lowest BCUT2D eigenvalue weighted by Gasteiger charge is -2.23. The molecule has 1 atom stereocenters. The fraction of sp³-hybridized carbons (Fsp3) is 0.533. The second kappa shape index (κ2) is 6.47. The van der Waals surface area contributed by atoms with Crippen LogP contribution in [0.2, 0.25) is 0 Å². The largest absolute Gasteiger partial charge is 0.416 e. The van der Waals surface area contributed by atoms with Crippen molar-refractivity contribution in [1.29, 1.82) is 0 Å². The molecule has 1 aliphatic rings. The highest BCUT2D eigenvalue weighted by molar-refractivity contribution is 5.91. The number of carbonyl (C=O) groups is 1. The van der Waals surface area contributed by atoms with E-state index >= 15 is 0 Å². The SMILES string of the molecule is C[C@H](CC(=O)Nc1cccc(C(F)(F)F)c1)N1CCCC1. The molecule has 1 amide bonds. The maximum Gasteiger partial charge on any atom is 0.416 e. The number of likely N-dealkylation sites (tertiary alicyclic amines) is 1. The van der Waals surface area contributed by atoms with Gasteiger partial charge in [0.25, 0.3) is 0 Å². The van der Waals surface area contributed by atoms with E-state index < -0.39 is 11.7 Å². The van der Waals surface area contributed by atoms with Gasteiger partial charge in [0.15, 0.2) is 0 Å². The first-order valence-corrected chi connectivity index (χ1v) is 7.07. The lowest BCUT2D eigenvalue weighted by molar-refractivity contribution is -0.137. The fourth-order valence-electron chi connectivity index (χ4n) is 2.57. The molecule has 0 unspecified atom stereocenters. The van der Waals surface area contributed by atoms with Crippen LogP contribution in [0.15, 0.2) is 24.3 Å². The fourth-order valence-corrected chi connectivity index (χ4v) is 2.57. The van der Waals surface area contributed by atoms with Gasteiger partial charge < -0.3 is 10.2 Å². The van der Waals surface area contributed by atoms with Crippen molar-refractivity contribution in [1.82, 2.24) is 4.90 Å². The zero-order valence-electron chi connectivity index (χ0n) is 11.9. The maximum absolute atomic E-state index is 12.6. The number of amides is 1. The van der Waals surface area contributed by atoms with E-state index in [0.717, 1.165) is 38.1 Å². The molecule has 0 bridgehead atoms. The van der Waals surface area contributed by atoms with Gasteiger partial charge in [-0.3, -0.25) is 4.79 Å². The second-order valence-electron chi connectivity index (χ2n) is 5.42. The molecule has 1 fully saturated rings. The van der Waals surface area contributed by atoms with Crippen molar-refractivity contribution in [3.8, 4) is 0 Å². The molecule has 1 N–H and O–H groups in total. The molecule has 116 valence electrons. The first-order chi connectivity index (χ1) is 9.86. The molecule has 0 saturated carbocycles. The summed E-state index contributed by atoms with van der Waals surface area (Å²) in [4.78, 5) is 14.1. The molecule has 6 heteroatoms. The first-order valence-electron chi connectivity index (χ1n) is 7.07. The molecule has 1 aromatic rings. The summed E-state index contributed by atoms with van der Waals surface area (Å²) in [5.74, 6) is -0.256. The van der Waals surface area contributed by atoms with Gasteiger partial charge in [-0.1, -0.05) is 6.07 Å². The van der Waals surface area contributed by atoms with E-state index in [2.05, 4.69) is 10.2 Å². The maximum atomic E-state index is 12.6. The van der Waals surface area contributed by atoms with Crippen LogP contribution < -0.4 is 5.32 Å². The number of carbonyl (C=O) groups excluding carboxylic acids is 1. The summed E-state index contributed by atoms with van der Waals surface area (Å²) in [6.07, 6.45) is -1.83. The Bertz CT molecular complexity index is 496. The van der Waals surface area contributed by atoms with Crippen LogP contribution in [-0.4, -0.2) is 29.9 Å². The first kappa shape index (κ1) is 15.8. The minimum absolute atomic E-state index is 0.110. The predicted octanol–water partition coefficient (Wildman–Crippen LogP) is 3.52. The smallest absolute Gasteiger partial charge is 0.326 e. The summed E-state index contributed by atoms with van der Waals surface area (Å²) in [6, 6.07) is 4.81. The van der Waals surface area contributed by atoms with E-state index in [1.807, 2.05) is 6.92 Å². The van der Waals surface area contributed by atoms with E-state index in [1.165, 1.54) is 12.1 Å². The highest BCUT2D eigenvalue weighted by Crippen LogP contribution is 2.30. The Labute approximate surface area is 122 Å². The monoisotopic (exact) mass is 300 g/mol. The third-order valence-electron chi connectivity index (χ3n) is 3.72. The Morgan fingerprint density at radius 1 is 1.33 bits per heavy atom. The van der Waals surface area contributed by atoms with Crippen molar-refractivity contribution in [2.24, 2.45) is 0 Å². The lowest BCUT2D eigenvalue weighted by Crippen LogP contribution is -2.33. The minimum atomic E-state index is -4.40. The van der Waals surface area contributed by atoms with E-state index in [-0.39, 0.29) is 24.1 Å². The Morgan fingerprint density at radius 3 is 2.62 bits per heavy atom. The molecule has 0 aromatic heterocycles. The summed E-state index contributed by atoms with van der Waals surface area (Å²) in [6.45, 7) is 3.94. The molecule has 2 rings (SSSR count). The van der Waals surface area contributed by atoms with Crippen LogP contribution in [0, 0.1) is 0 Å². The van der Waals surface area contributed by atoms with Crippen LogP contribution >= 0.6 is 0 Å². The predicted molar refractivity (Wildman–Crippen MR) is 75.0 cm³/mol. The number of halogens is 3. The molecular weight excluding hydrogens is 281 g/mol. The number of benzene rings is 1. The normalized spacial score (nSPS) is 17.7. The molecule has 1 heterocycles. The van der Waals surface area contributed by atoms with Gasteiger partial charge in [-0.2, -0.15) is 13.2 Å². The van der Waals surface area contributed by atoms with Crippen LogP contribution in [0.4, 0.5) is 18.9 Å². The topological polar surface area (TPSA) is 32.3 Å². The van der Waals surface area contributed by atoms with Gasteiger partial charge in [0.2, 0.25) is 5.91 Å². The van der Waals surface area contributed by atoms with Crippen LogP contribution in [0.1, 0.15) is 31.7 Å². The molecule has 1 aliphatic heterocycles. The third kappa shape index (κ3) is 4.46. The van der Waals surface area contributed by atoms with Crippen molar-refractivity contribution in [2.45, 2.75) is 38.4 Å². The Kier molecular flexibility index (Phi) is 4.88. The van der Waals surface area contributed by atoms with Crippen molar-refractivity contribution < 1.29 is 18.0 Å². The quantitative estimate of drug-likeness (QED) is 0.922. The zero-order valence-corrected chi connectivity index (χ0v) is 11.9. The summed E-state index contributed by atoms with van der Waals surface area (Å²) < 4.78 is 37.8. The number of alkyl halides is 3. The van der Waals surface area contributed by atoms with Gasteiger partial charge in [0.05, 0.1) is 5.56 Å². The number of anilines is 1. The van der Waals surface area contributed by atoms with E-state index in [1.54, 1.807) is 0 Å². The van der Waals surface area contributed by atoms with E-state index in [4.69, 9.17) is 0 Å². The zero-order chi connectivity index (χ0) is 15.5. The van der Waals surface area contributed by atoms with Crippen LogP contribution in [0.3, 0.4) is 0 Å². The van der Waals surface area contributed by atoms with Crippen molar-refractivity contribution in [3.63, 3.8) is 0 Å². The molecule has 1 aromatic carbocycles. The van der Waals surface area contributed by atoms with Gasteiger partial charge in [0, 0.05) is 18.2 Å². The van der Waals surface area contributed by atoms with Gasteiger partial charge in [0.1, 0.15) is 0 Å². The molecule has 21 heavy (non-hydrogen) atoms. The van der Waals surface area contributed by atoms with Gasteiger partial charge in [-0.25, -0.2) is 0 Å². The standard InChI is InChI=1S/C15H19F3N2O/c1-11(20-7-2-3-8-20)9-14(21)19-13-6-4-5-12(10-13)15(16,17)18/h4-6,10-11H,2-3,7-9H2,1H3,(H,19,21)/t11-/m1/s1. The highest BCUT2D eigenvalue weighted by atomic mass is 19.4. The van der Waals surface area contributed by atoms with Gasteiger partial charge in [-0.05, 0) is 51.1 Å². The summed E-state index contributed by atoms with van der Waals surface area (Å²) in [7, 11) is 0. The van der Waals surface area contributed by atoms with Gasteiger partial charge in [-0.15, -0.1) is 0 Å². The third-order valence-corrected chi connectivity index (χ3v) is 3.72. The second-order valence-corrected chi connectivity index (χ2v) is 5.42. The Morgan fingerprint density at radius 2 is 2.00 bits per heavy atom. The van der Waals surface area contributed by atoms with Crippen molar-refractivity contribution in [2.75, 3.05) is 18.4 Å². The molecule has 0 radical (unpaired) electrons. The van der Waals surface area contributed by atoms with Crippen LogP contribution in [0.5, 0.6) is 0 Å².